The summed E-state index contributed by atoms with van der Waals surface area (Å²) < 4.78 is 0. The van der Waals surface area contributed by atoms with Crippen molar-refractivity contribution in [3.63, 3.8) is 0 Å². The number of rotatable bonds is 6. The highest BCUT2D eigenvalue weighted by molar-refractivity contribution is 6.12. The van der Waals surface area contributed by atoms with Crippen molar-refractivity contribution in [3.8, 4) is 17.2 Å². The predicted octanol–water partition coefficient (Wildman–Crippen LogP) is 1.29. The van der Waals surface area contributed by atoms with Crippen LogP contribution in [0.5, 0.6) is 0 Å². The Labute approximate surface area is 173 Å². The van der Waals surface area contributed by atoms with Crippen LogP contribution in [0, 0.1) is 11.3 Å². The number of amides is 2. The molecule has 0 aliphatic carbocycles. The van der Waals surface area contributed by atoms with E-state index < -0.39 is 18.1 Å². The Balaban J connectivity index is 1.55. The Kier molecular flexibility index (Phi) is 6.59. The predicted molar refractivity (Wildman–Crippen MR) is 113 cm³/mol. The Morgan fingerprint density at radius 3 is 2.50 bits per heavy atom. The van der Waals surface area contributed by atoms with Gasteiger partial charge in [0, 0.05) is 25.2 Å². The van der Waals surface area contributed by atoms with Gasteiger partial charge in [0.2, 0.25) is 0 Å². The highest BCUT2D eigenvalue weighted by Gasteiger charge is 2.19. The van der Waals surface area contributed by atoms with Gasteiger partial charge in [0.25, 0.3) is 11.8 Å². The molecule has 2 aromatic carbocycles. The van der Waals surface area contributed by atoms with E-state index in [0.29, 0.717) is 6.54 Å². The zero-order chi connectivity index (χ0) is 21.3. The van der Waals surface area contributed by atoms with E-state index >= 15 is 0 Å². The van der Waals surface area contributed by atoms with Crippen LogP contribution in [-0.2, 0) is 16.1 Å². The van der Waals surface area contributed by atoms with Gasteiger partial charge < -0.3 is 21.7 Å². The molecule has 0 fully saturated rings. The lowest BCUT2D eigenvalue weighted by atomic mass is 10.0. The van der Waals surface area contributed by atoms with Crippen molar-refractivity contribution in [3.05, 3.63) is 83.7 Å². The summed E-state index contributed by atoms with van der Waals surface area (Å²) in [4.78, 5) is 28.0. The van der Waals surface area contributed by atoms with Crippen molar-refractivity contribution < 1.29 is 9.59 Å². The lowest BCUT2D eigenvalue weighted by molar-refractivity contribution is -0.118. The van der Waals surface area contributed by atoms with Crippen LogP contribution in [0.3, 0.4) is 0 Å². The molecule has 0 radical (unpaired) electrons. The Hall–Kier alpha value is -4.38. The minimum atomic E-state index is -0.789. The topological polar surface area (TPSA) is 132 Å². The van der Waals surface area contributed by atoms with E-state index in [0.717, 1.165) is 22.9 Å². The number of hydrogen-bond acceptors (Lipinski definition) is 6. The third-order valence-electron chi connectivity index (χ3n) is 4.34. The number of benzene rings is 2. The van der Waals surface area contributed by atoms with Gasteiger partial charge in [0.05, 0.1) is 5.57 Å². The number of nitrogens with two attached hydrogens (primary N) is 1. The molecular formula is C22H20N6O2. The van der Waals surface area contributed by atoms with E-state index in [1.165, 1.54) is 12.4 Å². The number of carbonyl (C=O) groups is 2. The molecule has 150 valence electrons. The molecule has 8 nitrogen and oxygen atoms in total. The molecule has 5 N–H and O–H groups in total. The van der Waals surface area contributed by atoms with E-state index in [1.807, 2.05) is 54.6 Å². The van der Waals surface area contributed by atoms with E-state index in [-0.39, 0.29) is 11.1 Å². The number of nitrogens with zero attached hydrogens (tertiary/aromatic N) is 2. The minimum absolute atomic E-state index is 0.0490. The number of aliphatic imine (C=N–C) groups is 1. The number of nitriles is 1. The van der Waals surface area contributed by atoms with E-state index in [1.54, 1.807) is 6.07 Å². The lowest BCUT2D eigenvalue weighted by Gasteiger charge is -2.19. The van der Waals surface area contributed by atoms with Crippen molar-refractivity contribution in [1.29, 1.82) is 5.26 Å². The van der Waals surface area contributed by atoms with Gasteiger partial charge >= 0.3 is 0 Å². The van der Waals surface area contributed by atoms with E-state index in [4.69, 9.17) is 11.0 Å². The van der Waals surface area contributed by atoms with Crippen LogP contribution >= 0.6 is 0 Å². The molecule has 0 saturated heterocycles. The fourth-order valence-electron chi connectivity index (χ4n) is 2.70. The molecule has 30 heavy (non-hydrogen) atoms. The average Bonchev–Trinajstić information content (AvgIpc) is 2.79. The zero-order valence-electron chi connectivity index (χ0n) is 16.0. The summed E-state index contributed by atoms with van der Waals surface area (Å²) in [6.45, 7) is 0.325. The molecular weight excluding hydrogens is 380 g/mol. The summed E-state index contributed by atoms with van der Waals surface area (Å²) in [5.74, 6) is -0.941. The summed E-state index contributed by atoms with van der Waals surface area (Å²) in [6, 6.07) is 19.7. The van der Waals surface area contributed by atoms with Crippen molar-refractivity contribution >= 4 is 18.0 Å². The molecule has 8 heteroatoms. The van der Waals surface area contributed by atoms with Crippen LogP contribution in [0.1, 0.15) is 5.56 Å². The SMILES string of the molecule is N#CC1=CNC(/N=C/C(=C\N)C(=O)NCc2ccc(-c3ccccc3)cc2)NC1=O. The molecule has 1 aliphatic rings. The molecule has 2 aromatic rings. The van der Waals surface area contributed by atoms with Gasteiger partial charge in [-0.3, -0.25) is 9.59 Å². The van der Waals surface area contributed by atoms with Gasteiger partial charge in [-0.05, 0) is 16.7 Å². The van der Waals surface area contributed by atoms with E-state index in [2.05, 4.69) is 20.9 Å². The summed E-state index contributed by atoms with van der Waals surface area (Å²) >= 11 is 0. The fraction of sp³-hybridized carbons (Fsp3) is 0.0909. The zero-order valence-corrected chi connectivity index (χ0v) is 16.0. The van der Waals surface area contributed by atoms with Gasteiger partial charge in [-0.15, -0.1) is 0 Å². The van der Waals surface area contributed by atoms with Crippen LogP contribution in [0.4, 0.5) is 0 Å². The number of carbonyl (C=O) groups excluding carboxylic acids is 2. The van der Waals surface area contributed by atoms with E-state index in [9.17, 15) is 9.59 Å². The van der Waals surface area contributed by atoms with Gasteiger partial charge in [-0.25, -0.2) is 4.99 Å². The van der Waals surface area contributed by atoms with Crippen molar-refractivity contribution in [2.24, 2.45) is 10.7 Å². The Morgan fingerprint density at radius 1 is 1.17 bits per heavy atom. The molecule has 1 atom stereocenters. The first-order chi connectivity index (χ1) is 14.6. The maximum Gasteiger partial charge on any atom is 0.266 e. The highest BCUT2D eigenvalue weighted by Crippen LogP contribution is 2.19. The monoisotopic (exact) mass is 400 g/mol. The molecule has 1 aliphatic heterocycles. The smallest absolute Gasteiger partial charge is 0.266 e. The van der Waals surface area contributed by atoms with Crippen LogP contribution in [0.25, 0.3) is 11.1 Å². The maximum atomic E-state index is 12.4. The van der Waals surface area contributed by atoms with Crippen molar-refractivity contribution in [2.75, 3.05) is 0 Å². The molecule has 1 heterocycles. The summed E-state index contributed by atoms with van der Waals surface area (Å²) in [7, 11) is 0. The fourth-order valence-corrected chi connectivity index (χ4v) is 2.70. The third kappa shape index (κ3) is 5.11. The molecule has 0 aromatic heterocycles. The average molecular weight is 400 g/mol. The molecule has 0 spiro atoms. The highest BCUT2D eigenvalue weighted by atomic mass is 16.2. The normalized spacial score (nSPS) is 16.2. The molecule has 1 unspecified atom stereocenters. The van der Waals surface area contributed by atoms with Gasteiger partial charge in [0.15, 0.2) is 6.29 Å². The first-order valence-electron chi connectivity index (χ1n) is 9.15. The minimum Gasteiger partial charge on any atom is -0.404 e. The first-order valence-corrected chi connectivity index (χ1v) is 9.15. The molecule has 0 bridgehead atoms. The Bertz CT molecular complexity index is 1050. The molecule has 2 amide bonds. The van der Waals surface area contributed by atoms with Gasteiger partial charge in [0.1, 0.15) is 11.6 Å². The second kappa shape index (κ2) is 9.71. The summed E-state index contributed by atoms with van der Waals surface area (Å²) in [5.41, 5.74) is 8.78. The molecule has 3 rings (SSSR count). The summed E-state index contributed by atoms with van der Waals surface area (Å²) in [6.07, 6.45) is 2.88. The quantitative estimate of drug-likeness (QED) is 0.428. The van der Waals surface area contributed by atoms with Crippen LogP contribution in [0.15, 0.2) is 83.1 Å². The first kappa shape index (κ1) is 20.4. The van der Waals surface area contributed by atoms with Gasteiger partial charge in [-0.1, -0.05) is 54.6 Å². The van der Waals surface area contributed by atoms with Crippen molar-refractivity contribution in [2.45, 2.75) is 12.8 Å². The van der Waals surface area contributed by atoms with Crippen LogP contribution in [0.2, 0.25) is 0 Å². The third-order valence-corrected chi connectivity index (χ3v) is 4.34. The Morgan fingerprint density at radius 2 is 1.87 bits per heavy atom. The second-order valence-electron chi connectivity index (χ2n) is 6.36. The molecule has 0 saturated carbocycles. The standard InChI is InChI=1S/C22H20N6O2/c23-10-18(13-26-22-27-14-19(11-24)21(30)28-22)20(29)25-12-15-6-8-17(9-7-15)16-4-2-1-3-5-16/h1-10,13-14,22,27H,12,23H2,(H,25,29)(H,28,30)/b18-10+,26-13+. The number of nitrogens with one attached hydrogen (secondary N) is 3. The van der Waals surface area contributed by atoms with Crippen LogP contribution in [-0.4, -0.2) is 24.3 Å². The largest absolute Gasteiger partial charge is 0.404 e. The second-order valence-corrected chi connectivity index (χ2v) is 6.36. The maximum absolute atomic E-state index is 12.4. The van der Waals surface area contributed by atoms with Gasteiger partial charge in [-0.2, -0.15) is 5.26 Å². The lowest BCUT2D eigenvalue weighted by Crippen LogP contribution is -2.46. The number of hydrogen-bond donors (Lipinski definition) is 4. The van der Waals surface area contributed by atoms with Crippen LogP contribution < -0.4 is 21.7 Å². The van der Waals surface area contributed by atoms with Crippen molar-refractivity contribution in [1.82, 2.24) is 16.0 Å². The summed E-state index contributed by atoms with van der Waals surface area (Å²) in [5, 5.41) is 16.8.